The highest BCUT2D eigenvalue weighted by Gasteiger charge is 2.31. The SMILES string of the molecule is Cc1c(N(C)S(=O)(=O)c2cc(C(=O)OCC(C)C)ccc2Cl)c(=O)n(-c2ccccc2)n1C. The molecule has 0 bridgehead atoms. The number of nitrogens with zero attached hydrogens (tertiary/aromatic N) is 3. The van der Waals surface area contributed by atoms with E-state index in [2.05, 4.69) is 0 Å². The zero-order valence-electron chi connectivity index (χ0n) is 19.1. The van der Waals surface area contributed by atoms with Gasteiger partial charge in [-0.2, -0.15) is 0 Å². The summed E-state index contributed by atoms with van der Waals surface area (Å²) in [4.78, 5) is 25.3. The van der Waals surface area contributed by atoms with Gasteiger partial charge in [-0.3, -0.25) is 13.8 Å². The molecule has 2 aromatic carbocycles. The average Bonchev–Trinajstić information content (AvgIpc) is 3.00. The number of anilines is 1. The Morgan fingerprint density at radius 3 is 2.39 bits per heavy atom. The minimum absolute atomic E-state index is 0.0230. The van der Waals surface area contributed by atoms with E-state index in [1.165, 1.54) is 29.9 Å². The molecular weight excluding hydrogens is 466 g/mol. The first kappa shape index (κ1) is 24.6. The Morgan fingerprint density at radius 1 is 1.15 bits per heavy atom. The molecule has 3 rings (SSSR count). The Labute approximate surface area is 198 Å². The van der Waals surface area contributed by atoms with Gasteiger partial charge in [0.2, 0.25) is 0 Å². The number of benzene rings is 2. The van der Waals surface area contributed by atoms with Crippen LogP contribution in [0.25, 0.3) is 5.69 Å². The van der Waals surface area contributed by atoms with Crippen LogP contribution in [-0.2, 0) is 21.8 Å². The summed E-state index contributed by atoms with van der Waals surface area (Å²) >= 11 is 6.21. The average molecular weight is 492 g/mol. The van der Waals surface area contributed by atoms with Crippen LogP contribution in [0.4, 0.5) is 5.69 Å². The van der Waals surface area contributed by atoms with Crippen LogP contribution in [0.1, 0.15) is 29.9 Å². The molecule has 1 aromatic heterocycles. The van der Waals surface area contributed by atoms with Crippen molar-refractivity contribution >= 4 is 33.3 Å². The van der Waals surface area contributed by atoms with Crippen molar-refractivity contribution in [3.8, 4) is 5.69 Å². The quantitative estimate of drug-likeness (QED) is 0.469. The third-order valence-corrected chi connectivity index (χ3v) is 7.43. The Kier molecular flexibility index (Phi) is 7.04. The number of carbonyl (C=O) groups is 1. The number of hydrogen-bond acceptors (Lipinski definition) is 5. The third kappa shape index (κ3) is 4.69. The number of aromatic nitrogens is 2. The van der Waals surface area contributed by atoms with Crippen LogP contribution in [0.2, 0.25) is 5.02 Å². The maximum Gasteiger partial charge on any atom is 0.338 e. The molecule has 0 aliphatic heterocycles. The van der Waals surface area contributed by atoms with Crippen LogP contribution in [0.15, 0.2) is 58.2 Å². The van der Waals surface area contributed by atoms with Gasteiger partial charge in [0.05, 0.1) is 28.6 Å². The van der Waals surface area contributed by atoms with Gasteiger partial charge < -0.3 is 4.74 Å². The molecule has 10 heteroatoms. The summed E-state index contributed by atoms with van der Waals surface area (Å²) in [5, 5.41) is -0.0702. The molecule has 33 heavy (non-hydrogen) atoms. The summed E-state index contributed by atoms with van der Waals surface area (Å²) in [6, 6.07) is 12.8. The highest BCUT2D eigenvalue weighted by molar-refractivity contribution is 7.93. The molecule has 0 unspecified atom stereocenters. The largest absolute Gasteiger partial charge is 0.462 e. The fourth-order valence-corrected chi connectivity index (χ4v) is 5.08. The Morgan fingerprint density at radius 2 is 1.79 bits per heavy atom. The Bertz CT molecular complexity index is 1340. The highest BCUT2D eigenvalue weighted by atomic mass is 35.5. The van der Waals surface area contributed by atoms with Crippen LogP contribution in [-0.4, -0.2) is 37.4 Å². The van der Waals surface area contributed by atoms with Crippen LogP contribution in [0, 0.1) is 12.8 Å². The van der Waals surface area contributed by atoms with Gasteiger partial charge in [0.25, 0.3) is 15.6 Å². The van der Waals surface area contributed by atoms with Gasteiger partial charge in [0.15, 0.2) is 0 Å². The van der Waals surface area contributed by atoms with Crippen molar-refractivity contribution < 1.29 is 17.9 Å². The van der Waals surface area contributed by atoms with Crippen molar-refractivity contribution in [3.63, 3.8) is 0 Å². The lowest BCUT2D eigenvalue weighted by atomic mass is 10.2. The number of hydrogen-bond donors (Lipinski definition) is 0. The fraction of sp³-hybridized carbons (Fsp3) is 0.304. The minimum atomic E-state index is -4.27. The van der Waals surface area contributed by atoms with E-state index in [1.807, 2.05) is 19.9 Å². The van der Waals surface area contributed by atoms with Gasteiger partial charge in [-0.1, -0.05) is 43.6 Å². The van der Waals surface area contributed by atoms with Crippen molar-refractivity contribution in [2.24, 2.45) is 13.0 Å². The molecule has 0 aliphatic carbocycles. The van der Waals surface area contributed by atoms with E-state index in [1.54, 1.807) is 42.9 Å². The zero-order chi connectivity index (χ0) is 24.5. The monoisotopic (exact) mass is 491 g/mol. The van der Waals surface area contributed by atoms with Crippen LogP contribution < -0.4 is 9.86 Å². The number of rotatable bonds is 7. The van der Waals surface area contributed by atoms with Gasteiger partial charge >= 0.3 is 5.97 Å². The number of halogens is 1. The molecule has 0 saturated heterocycles. The topological polar surface area (TPSA) is 90.6 Å². The predicted molar refractivity (Wildman–Crippen MR) is 128 cm³/mol. The van der Waals surface area contributed by atoms with Gasteiger partial charge in [-0.05, 0) is 43.2 Å². The molecule has 176 valence electrons. The summed E-state index contributed by atoms with van der Waals surface area (Å²) in [6.45, 7) is 5.64. The van der Waals surface area contributed by atoms with Gasteiger partial charge in [0, 0.05) is 14.1 Å². The van der Waals surface area contributed by atoms with E-state index >= 15 is 0 Å². The summed E-state index contributed by atoms with van der Waals surface area (Å²) < 4.78 is 36.0. The lowest BCUT2D eigenvalue weighted by Crippen LogP contribution is -2.32. The molecule has 1 heterocycles. The van der Waals surface area contributed by atoms with Crippen molar-refractivity contribution in [1.82, 2.24) is 9.36 Å². The van der Waals surface area contributed by atoms with Crippen LogP contribution in [0.3, 0.4) is 0 Å². The van der Waals surface area contributed by atoms with E-state index < -0.39 is 21.6 Å². The summed E-state index contributed by atoms with van der Waals surface area (Å²) in [6.07, 6.45) is 0. The van der Waals surface area contributed by atoms with Gasteiger partial charge in [-0.15, -0.1) is 0 Å². The first-order valence-electron chi connectivity index (χ1n) is 10.3. The van der Waals surface area contributed by atoms with E-state index in [-0.39, 0.29) is 33.7 Å². The lowest BCUT2D eigenvalue weighted by molar-refractivity contribution is 0.0458. The van der Waals surface area contributed by atoms with E-state index in [0.29, 0.717) is 11.4 Å². The molecule has 0 atom stereocenters. The smallest absolute Gasteiger partial charge is 0.338 e. The lowest BCUT2D eigenvalue weighted by Gasteiger charge is -2.19. The number of para-hydroxylation sites is 1. The predicted octanol–water partition coefficient (Wildman–Crippen LogP) is 3.78. The van der Waals surface area contributed by atoms with Crippen molar-refractivity contribution in [3.05, 3.63) is 75.2 Å². The molecule has 0 aliphatic rings. The summed E-state index contributed by atoms with van der Waals surface area (Å²) in [7, 11) is -1.31. The fourth-order valence-electron chi connectivity index (χ4n) is 3.34. The minimum Gasteiger partial charge on any atom is -0.462 e. The second-order valence-electron chi connectivity index (χ2n) is 8.02. The standard InChI is InChI=1S/C23H26ClN3O5S/c1-15(2)14-32-23(29)17-11-12-19(24)20(13-17)33(30,31)26(5)21-16(3)25(4)27(22(21)28)18-9-7-6-8-10-18/h6-13,15H,14H2,1-5H3. The molecule has 0 saturated carbocycles. The zero-order valence-corrected chi connectivity index (χ0v) is 20.6. The molecule has 0 spiro atoms. The van der Waals surface area contributed by atoms with Crippen LogP contribution >= 0.6 is 11.6 Å². The van der Waals surface area contributed by atoms with Crippen LogP contribution in [0.5, 0.6) is 0 Å². The molecule has 0 radical (unpaired) electrons. The molecule has 0 N–H and O–H groups in total. The van der Waals surface area contributed by atoms with Crippen molar-refractivity contribution in [1.29, 1.82) is 0 Å². The molecule has 8 nitrogen and oxygen atoms in total. The maximum atomic E-state index is 13.5. The second-order valence-corrected chi connectivity index (χ2v) is 10.4. The maximum absolute atomic E-state index is 13.5. The Hall–Kier alpha value is -3.04. The Balaban J connectivity index is 2.07. The first-order valence-corrected chi connectivity index (χ1v) is 12.1. The number of sulfonamides is 1. The van der Waals surface area contributed by atoms with E-state index in [0.717, 1.165) is 4.31 Å². The molecule has 3 aromatic rings. The van der Waals surface area contributed by atoms with Crippen molar-refractivity contribution in [2.45, 2.75) is 25.7 Å². The third-order valence-electron chi connectivity index (χ3n) is 5.19. The van der Waals surface area contributed by atoms with Gasteiger partial charge in [0.1, 0.15) is 10.6 Å². The summed E-state index contributed by atoms with van der Waals surface area (Å²) in [5.41, 5.74) is 0.566. The summed E-state index contributed by atoms with van der Waals surface area (Å²) in [5.74, 6) is -0.523. The highest BCUT2D eigenvalue weighted by Crippen LogP contribution is 2.29. The van der Waals surface area contributed by atoms with Crippen molar-refractivity contribution in [2.75, 3.05) is 18.0 Å². The molecule has 0 amide bonds. The first-order chi connectivity index (χ1) is 15.5. The van der Waals surface area contributed by atoms with E-state index in [4.69, 9.17) is 16.3 Å². The van der Waals surface area contributed by atoms with Gasteiger partial charge in [-0.25, -0.2) is 17.9 Å². The molecular formula is C23H26ClN3O5S. The van der Waals surface area contributed by atoms with E-state index in [9.17, 15) is 18.0 Å². The normalized spacial score (nSPS) is 11.6. The number of ether oxygens (including phenoxy) is 1. The number of esters is 1. The number of carbonyl (C=O) groups excluding carboxylic acids is 1. The second kappa shape index (κ2) is 9.44. The molecule has 0 fully saturated rings.